The Bertz CT molecular complexity index is 651. The predicted molar refractivity (Wildman–Crippen MR) is 87.8 cm³/mol. The van der Waals surface area contributed by atoms with Crippen LogP contribution in [0.15, 0.2) is 41.3 Å². The van der Waals surface area contributed by atoms with Gasteiger partial charge < -0.3 is 15.2 Å². The molecule has 7 heteroatoms. The number of hydrogen-bond acceptors (Lipinski definition) is 5. The number of benzene rings is 1. The Balaban J connectivity index is 1.66. The van der Waals surface area contributed by atoms with Crippen LogP contribution in [0.5, 0.6) is 0 Å². The van der Waals surface area contributed by atoms with Gasteiger partial charge in [-0.15, -0.1) is 0 Å². The number of morpholine rings is 1. The van der Waals surface area contributed by atoms with E-state index in [2.05, 4.69) is 5.32 Å². The second-order valence-electron chi connectivity index (χ2n) is 5.85. The number of sulfonamides is 1. The first kappa shape index (κ1) is 16.4. The Morgan fingerprint density at radius 1 is 1.17 bits per heavy atom. The summed E-state index contributed by atoms with van der Waals surface area (Å²) in [7, 11) is -3.44. The molecule has 23 heavy (non-hydrogen) atoms. The first-order chi connectivity index (χ1) is 11.1. The van der Waals surface area contributed by atoms with E-state index in [0.29, 0.717) is 31.2 Å². The number of hydrogen-bond donors (Lipinski definition) is 2. The van der Waals surface area contributed by atoms with Crippen molar-refractivity contribution < 1.29 is 18.3 Å². The van der Waals surface area contributed by atoms with Gasteiger partial charge in [0.2, 0.25) is 10.0 Å². The molecule has 1 aromatic rings. The van der Waals surface area contributed by atoms with Gasteiger partial charge in [-0.2, -0.15) is 4.31 Å². The quantitative estimate of drug-likeness (QED) is 0.785. The zero-order chi connectivity index (χ0) is 16.3. The van der Waals surface area contributed by atoms with E-state index < -0.39 is 10.0 Å². The molecule has 1 aliphatic carbocycles. The van der Waals surface area contributed by atoms with Gasteiger partial charge >= 0.3 is 0 Å². The summed E-state index contributed by atoms with van der Waals surface area (Å²) in [5.74, 6) is 0.202. The molecule has 1 saturated heterocycles. The number of nitrogens with one attached hydrogen (secondary N) is 1. The third kappa shape index (κ3) is 3.74. The monoisotopic (exact) mass is 338 g/mol. The molecule has 1 fully saturated rings. The highest BCUT2D eigenvalue weighted by atomic mass is 32.2. The fraction of sp³-hybridized carbons (Fsp3) is 0.500. The molecule has 1 aromatic carbocycles. The van der Waals surface area contributed by atoms with Crippen molar-refractivity contribution in [2.24, 2.45) is 5.92 Å². The third-order valence-electron chi connectivity index (χ3n) is 4.22. The maximum absolute atomic E-state index is 12.5. The molecule has 2 atom stereocenters. The van der Waals surface area contributed by atoms with Crippen LogP contribution in [0.3, 0.4) is 0 Å². The highest BCUT2D eigenvalue weighted by Crippen LogP contribution is 2.23. The van der Waals surface area contributed by atoms with E-state index >= 15 is 0 Å². The maximum atomic E-state index is 12.5. The lowest BCUT2D eigenvalue weighted by molar-refractivity contribution is 0.0730. The maximum Gasteiger partial charge on any atom is 0.243 e. The van der Waals surface area contributed by atoms with E-state index in [4.69, 9.17) is 9.84 Å². The summed E-state index contributed by atoms with van der Waals surface area (Å²) in [6.07, 6.45) is 4.90. The molecule has 2 N–H and O–H groups in total. The Morgan fingerprint density at radius 2 is 1.87 bits per heavy atom. The van der Waals surface area contributed by atoms with E-state index in [1.807, 2.05) is 12.2 Å². The standard InChI is InChI=1S/C16H22N2O4S/c19-12-13-1-2-15(11-13)17-14-3-5-16(6-4-14)23(20,21)18-7-9-22-10-8-18/h1-6,13,15,17,19H,7-12H2/t13-,15+/m0/s1. The zero-order valence-electron chi connectivity index (χ0n) is 12.9. The van der Waals surface area contributed by atoms with E-state index in [1.165, 1.54) is 4.31 Å². The van der Waals surface area contributed by atoms with Gasteiger partial charge in [0.15, 0.2) is 0 Å². The molecule has 0 amide bonds. The van der Waals surface area contributed by atoms with Crippen molar-refractivity contribution in [3.05, 3.63) is 36.4 Å². The van der Waals surface area contributed by atoms with Crippen LogP contribution < -0.4 is 5.32 Å². The van der Waals surface area contributed by atoms with Gasteiger partial charge in [0.25, 0.3) is 0 Å². The lowest BCUT2D eigenvalue weighted by Gasteiger charge is -2.26. The number of aliphatic hydroxyl groups excluding tert-OH is 1. The van der Waals surface area contributed by atoms with E-state index in [0.717, 1.165) is 12.1 Å². The van der Waals surface area contributed by atoms with Crippen molar-refractivity contribution in [1.29, 1.82) is 0 Å². The minimum atomic E-state index is -3.44. The smallest absolute Gasteiger partial charge is 0.243 e. The van der Waals surface area contributed by atoms with Crippen LogP contribution >= 0.6 is 0 Å². The SMILES string of the molecule is O=S(=O)(c1ccc(N[C@@H]2C=C[C@H](CO)C2)cc1)N1CCOCC1. The summed E-state index contributed by atoms with van der Waals surface area (Å²) in [6, 6.07) is 7.01. The van der Waals surface area contributed by atoms with Crippen LogP contribution in [-0.4, -0.2) is 56.8 Å². The average Bonchev–Trinajstić information content (AvgIpc) is 3.04. The van der Waals surface area contributed by atoms with Gasteiger partial charge in [-0.05, 0) is 30.7 Å². The molecule has 0 saturated carbocycles. The topological polar surface area (TPSA) is 78.9 Å². The van der Waals surface area contributed by atoms with E-state index in [1.54, 1.807) is 24.3 Å². The fourth-order valence-corrected chi connectivity index (χ4v) is 4.30. The Hall–Kier alpha value is -1.41. The van der Waals surface area contributed by atoms with Crippen LogP contribution in [0.2, 0.25) is 0 Å². The van der Waals surface area contributed by atoms with Crippen molar-refractivity contribution in [1.82, 2.24) is 4.31 Å². The van der Waals surface area contributed by atoms with Crippen LogP contribution in [0, 0.1) is 5.92 Å². The van der Waals surface area contributed by atoms with Crippen molar-refractivity contribution in [3.8, 4) is 0 Å². The highest BCUT2D eigenvalue weighted by molar-refractivity contribution is 7.89. The molecule has 0 spiro atoms. The molecule has 1 heterocycles. The minimum Gasteiger partial charge on any atom is -0.396 e. The number of rotatable bonds is 5. The summed E-state index contributed by atoms with van der Waals surface area (Å²) in [4.78, 5) is 0.306. The van der Waals surface area contributed by atoms with Crippen LogP contribution in [0.1, 0.15) is 6.42 Å². The van der Waals surface area contributed by atoms with Crippen LogP contribution in [0.4, 0.5) is 5.69 Å². The van der Waals surface area contributed by atoms with Gasteiger partial charge in [0.1, 0.15) is 0 Å². The minimum absolute atomic E-state index is 0.158. The first-order valence-corrected chi connectivity index (χ1v) is 9.27. The predicted octanol–water partition coefficient (Wildman–Crippen LogP) is 1.06. The summed E-state index contributed by atoms with van der Waals surface area (Å²) in [5.41, 5.74) is 0.874. The summed E-state index contributed by atoms with van der Waals surface area (Å²) < 4.78 is 31.7. The molecule has 6 nitrogen and oxygen atoms in total. The molecule has 126 valence electrons. The van der Waals surface area contributed by atoms with E-state index in [-0.39, 0.29) is 18.6 Å². The van der Waals surface area contributed by atoms with Gasteiger partial charge in [-0.25, -0.2) is 8.42 Å². The molecule has 0 unspecified atom stereocenters. The van der Waals surface area contributed by atoms with Crippen molar-refractivity contribution in [2.75, 3.05) is 38.2 Å². The molecule has 0 bridgehead atoms. The number of aliphatic hydroxyl groups is 1. The molecule has 0 aromatic heterocycles. The van der Waals surface area contributed by atoms with E-state index in [9.17, 15) is 8.42 Å². The number of ether oxygens (including phenoxy) is 1. The van der Waals surface area contributed by atoms with Gasteiger partial charge in [0, 0.05) is 37.3 Å². The van der Waals surface area contributed by atoms with Crippen molar-refractivity contribution in [2.45, 2.75) is 17.4 Å². The second-order valence-corrected chi connectivity index (χ2v) is 7.79. The van der Waals surface area contributed by atoms with Gasteiger partial charge in [-0.1, -0.05) is 12.2 Å². The Morgan fingerprint density at radius 3 is 2.48 bits per heavy atom. The number of anilines is 1. The lowest BCUT2D eigenvalue weighted by Crippen LogP contribution is -2.40. The number of nitrogens with zero attached hydrogens (tertiary/aromatic N) is 1. The zero-order valence-corrected chi connectivity index (χ0v) is 13.7. The molecular formula is C16H22N2O4S. The van der Waals surface area contributed by atoms with Crippen molar-refractivity contribution in [3.63, 3.8) is 0 Å². The summed E-state index contributed by atoms with van der Waals surface area (Å²) in [5, 5.41) is 12.5. The normalized spacial score (nSPS) is 25.6. The summed E-state index contributed by atoms with van der Waals surface area (Å²) in [6.45, 7) is 1.85. The van der Waals surface area contributed by atoms with Crippen LogP contribution in [0.25, 0.3) is 0 Å². The van der Waals surface area contributed by atoms with Gasteiger partial charge in [0.05, 0.1) is 18.1 Å². The van der Waals surface area contributed by atoms with Crippen molar-refractivity contribution >= 4 is 15.7 Å². The van der Waals surface area contributed by atoms with Gasteiger partial charge in [-0.3, -0.25) is 0 Å². The third-order valence-corrected chi connectivity index (χ3v) is 6.13. The largest absolute Gasteiger partial charge is 0.396 e. The molecule has 0 radical (unpaired) electrons. The first-order valence-electron chi connectivity index (χ1n) is 7.83. The highest BCUT2D eigenvalue weighted by Gasteiger charge is 2.26. The average molecular weight is 338 g/mol. The molecule has 2 aliphatic rings. The molecule has 1 aliphatic heterocycles. The Labute approximate surface area is 136 Å². The second kappa shape index (κ2) is 7.00. The molecular weight excluding hydrogens is 316 g/mol. The van der Waals surface area contributed by atoms with Crippen LogP contribution in [-0.2, 0) is 14.8 Å². The summed E-state index contributed by atoms with van der Waals surface area (Å²) >= 11 is 0. The molecule has 3 rings (SSSR count). The fourth-order valence-electron chi connectivity index (χ4n) is 2.89. The Kier molecular flexibility index (Phi) is 5.01. The lowest BCUT2D eigenvalue weighted by atomic mass is 10.1.